The van der Waals surface area contributed by atoms with Gasteiger partial charge in [-0.15, -0.1) is 0 Å². The summed E-state index contributed by atoms with van der Waals surface area (Å²) in [5.74, 6) is -3.22. The quantitative estimate of drug-likeness (QED) is 0.494. The molecule has 0 aliphatic heterocycles. The summed E-state index contributed by atoms with van der Waals surface area (Å²) in [4.78, 5) is 43.6. The summed E-state index contributed by atoms with van der Waals surface area (Å²) >= 11 is 3.04. The molecule has 2 amide bonds. The van der Waals surface area contributed by atoms with Gasteiger partial charge in [-0.1, -0.05) is 0 Å². The van der Waals surface area contributed by atoms with E-state index in [9.17, 15) is 24.5 Å². The summed E-state index contributed by atoms with van der Waals surface area (Å²) in [6, 6.07) is 1.94. The number of nitro benzene ring substituents is 1. The van der Waals surface area contributed by atoms with Crippen LogP contribution in [0.1, 0.15) is 16.8 Å². The largest absolute Gasteiger partial charge is 0.480 e. The number of nitro groups is 1. The van der Waals surface area contributed by atoms with E-state index in [0.29, 0.717) is 0 Å². The molecule has 10 heteroatoms. The van der Waals surface area contributed by atoms with E-state index >= 15 is 0 Å². The summed E-state index contributed by atoms with van der Waals surface area (Å²) in [5, 5.41) is 21.6. The van der Waals surface area contributed by atoms with E-state index in [2.05, 4.69) is 21.2 Å². The van der Waals surface area contributed by atoms with Gasteiger partial charge in [0.2, 0.25) is 5.91 Å². The Kier molecular flexibility index (Phi) is 5.36. The number of carboxylic acid groups (broad SMARTS) is 1. The summed E-state index contributed by atoms with van der Waals surface area (Å²) in [7, 11) is 0. The summed E-state index contributed by atoms with van der Waals surface area (Å²) in [5.41, 5.74) is 4.43. The van der Waals surface area contributed by atoms with Gasteiger partial charge in [-0.25, -0.2) is 4.79 Å². The first-order chi connectivity index (χ1) is 9.72. The number of primary amides is 1. The second kappa shape index (κ2) is 6.79. The summed E-state index contributed by atoms with van der Waals surface area (Å²) in [6.45, 7) is 0. The number of nitrogens with zero attached hydrogens (tertiary/aromatic N) is 1. The number of carbonyl (C=O) groups is 3. The molecular weight excluding hydrogens is 350 g/mol. The van der Waals surface area contributed by atoms with Crippen molar-refractivity contribution in [1.82, 2.24) is 5.32 Å². The smallest absolute Gasteiger partial charge is 0.326 e. The molecule has 0 aromatic heterocycles. The maximum atomic E-state index is 12.0. The molecule has 1 rings (SSSR count). The van der Waals surface area contributed by atoms with Crippen LogP contribution in [-0.4, -0.2) is 33.9 Å². The maximum Gasteiger partial charge on any atom is 0.326 e. The number of hydrogen-bond donors (Lipinski definition) is 3. The first-order valence-corrected chi connectivity index (χ1v) is 6.27. The number of nitrogens with two attached hydrogens (primary N) is 1. The van der Waals surface area contributed by atoms with Crippen LogP contribution in [0.5, 0.6) is 0 Å². The highest BCUT2D eigenvalue weighted by molar-refractivity contribution is 9.10. The summed E-state index contributed by atoms with van der Waals surface area (Å²) in [6.07, 6.45) is -0.590. The molecule has 0 radical (unpaired) electrons. The van der Waals surface area contributed by atoms with E-state index in [1.165, 1.54) is 12.1 Å². The Hall–Kier alpha value is -2.49. The number of nitrogens with one attached hydrogen (secondary N) is 1. The van der Waals surface area contributed by atoms with Gasteiger partial charge in [-0.05, 0) is 22.0 Å². The molecule has 1 aromatic carbocycles. The lowest BCUT2D eigenvalue weighted by molar-refractivity contribution is -0.384. The van der Waals surface area contributed by atoms with Gasteiger partial charge in [0.1, 0.15) is 6.04 Å². The topological polar surface area (TPSA) is 153 Å². The van der Waals surface area contributed by atoms with E-state index < -0.39 is 35.2 Å². The molecule has 1 atom stereocenters. The molecule has 0 aliphatic carbocycles. The maximum absolute atomic E-state index is 12.0. The van der Waals surface area contributed by atoms with Gasteiger partial charge in [-0.2, -0.15) is 0 Å². The average Bonchev–Trinajstić information content (AvgIpc) is 2.37. The molecule has 0 aliphatic rings. The highest BCUT2D eigenvalue weighted by Gasteiger charge is 2.24. The van der Waals surface area contributed by atoms with E-state index in [-0.39, 0.29) is 15.7 Å². The van der Waals surface area contributed by atoms with E-state index in [1.807, 2.05) is 0 Å². The van der Waals surface area contributed by atoms with Crippen LogP contribution in [0.25, 0.3) is 0 Å². The lowest BCUT2D eigenvalue weighted by Gasteiger charge is -2.13. The van der Waals surface area contributed by atoms with Gasteiger partial charge in [-0.3, -0.25) is 19.7 Å². The molecule has 0 unspecified atom stereocenters. The molecule has 1 aromatic rings. The number of benzene rings is 1. The number of hydrogen-bond acceptors (Lipinski definition) is 5. The lowest BCUT2D eigenvalue weighted by Crippen LogP contribution is -2.43. The predicted octanol–water partition coefficient (Wildman–Crippen LogP) is 0.416. The van der Waals surface area contributed by atoms with Crippen LogP contribution in [0.2, 0.25) is 0 Å². The van der Waals surface area contributed by atoms with Gasteiger partial charge in [0.25, 0.3) is 11.6 Å². The Labute approximate surface area is 126 Å². The zero-order chi connectivity index (χ0) is 16.2. The van der Waals surface area contributed by atoms with Crippen LogP contribution < -0.4 is 11.1 Å². The standard InChI is InChI=1S/C11H10BrN3O6/c12-7-2-1-5(15(20)21)3-6(7)10(17)14-8(11(18)19)4-9(13)16/h1-3,8H,4H2,(H2,13,16)(H,14,17)(H,18,19)/t8-/m1/s1. The second-order valence-electron chi connectivity index (χ2n) is 3.96. The number of aliphatic carboxylic acids is 1. The Morgan fingerprint density at radius 2 is 2.05 bits per heavy atom. The first-order valence-electron chi connectivity index (χ1n) is 5.48. The highest BCUT2D eigenvalue weighted by atomic mass is 79.9. The number of carboxylic acids is 1. The van der Waals surface area contributed by atoms with Crippen LogP contribution >= 0.6 is 15.9 Å². The van der Waals surface area contributed by atoms with Crippen LogP contribution in [0, 0.1) is 10.1 Å². The fraction of sp³-hybridized carbons (Fsp3) is 0.182. The third-order valence-electron chi connectivity index (χ3n) is 2.41. The molecule has 0 bridgehead atoms. The Morgan fingerprint density at radius 3 is 2.52 bits per heavy atom. The SMILES string of the molecule is NC(=O)C[C@@H](NC(=O)c1cc([N+](=O)[O-])ccc1Br)C(=O)O. The van der Waals surface area contributed by atoms with Crippen LogP contribution in [0.4, 0.5) is 5.69 Å². The molecular formula is C11H10BrN3O6. The predicted molar refractivity (Wildman–Crippen MR) is 73.5 cm³/mol. The monoisotopic (exact) mass is 359 g/mol. The van der Waals surface area contributed by atoms with Crippen molar-refractivity contribution in [3.05, 3.63) is 38.3 Å². The van der Waals surface area contributed by atoms with Crippen molar-refractivity contribution >= 4 is 39.4 Å². The number of halogens is 1. The molecule has 9 nitrogen and oxygen atoms in total. The Bertz CT molecular complexity index is 618. The summed E-state index contributed by atoms with van der Waals surface area (Å²) < 4.78 is 0.244. The van der Waals surface area contributed by atoms with Gasteiger partial charge < -0.3 is 16.2 Å². The third-order valence-corrected chi connectivity index (χ3v) is 3.11. The normalized spacial score (nSPS) is 11.5. The second-order valence-corrected chi connectivity index (χ2v) is 4.81. The minimum absolute atomic E-state index is 0.125. The minimum atomic E-state index is -1.51. The number of amides is 2. The molecule has 0 fully saturated rings. The Morgan fingerprint density at radius 1 is 1.43 bits per heavy atom. The molecule has 21 heavy (non-hydrogen) atoms. The van der Waals surface area contributed by atoms with Gasteiger partial charge in [0, 0.05) is 16.6 Å². The molecule has 0 heterocycles. The molecule has 4 N–H and O–H groups in total. The third kappa shape index (κ3) is 4.53. The van der Waals surface area contributed by atoms with Crippen molar-refractivity contribution in [3.8, 4) is 0 Å². The molecule has 112 valence electrons. The van der Waals surface area contributed by atoms with Gasteiger partial charge >= 0.3 is 5.97 Å². The lowest BCUT2D eigenvalue weighted by atomic mass is 10.1. The fourth-order valence-corrected chi connectivity index (χ4v) is 1.86. The van der Waals surface area contributed by atoms with Crippen molar-refractivity contribution in [1.29, 1.82) is 0 Å². The highest BCUT2D eigenvalue weighted by Crippen LogP contribution is 2.22. The van der Waals surface area contributed by atoms with Crippen molar-refractivity contribution in [3.63, 3.8) is 0 Å². The molecule has 0 saturated heterocycles. The van der Waals surface area contributed by atoms with Crippen LogP contribution in [0.3, 0.4) is 0 Å². The fourth-order valence-electron chi connectivity index (χ4n) is 1.44. The zero-order valence-corrected chi connectivity index (χ0v) is 12.0. The Balaban J connectivity index is 3.02. The van der Waals surface area contributed by atoms with Crippen LogP contribution in [-0.2, 0) is 9.59 Å². The molecule has 0 spiro atoms. The minimum Gasteiger partial charge on any atom is -0.480 e. The number of non-ortho nitro benzene ring substituents is 1. The van der Waals surface area contributed by atoms with Gasteiger partial charge in [0.05, 0.1) is 16.9 Å². The van der Waals surface area contributed by atoms with Crippen molar-refractivity contribution in [2.24, 2.45) is 5.73 Å². The van der Waals surface area contributed by atoms with Crippen molar-refractivity contribution in [2.75, 3.05) is 0 Å². The molecule has 0 saturated carbocycles. The zero-order valence-electron chi connectivity index (χ0n) is 10.4. The number of rotatable bonds is 6. The van der Waals surface area contributed by atoms with E-state index in [4.69, 9.17) is 10.8 Å². The van der Waals surface area contributed by atoms with Gasteiger partial charge in [0.15, 0.2) is 0 Å². The van der Waals surface area contributed by atoms with Crippen molar-refractivity contribution in [2.45, 2.75) is 12.5 Å². The van der Waals surface area contributed by atoms with Crippen molar-refractivity contribution < 1.29 is 24.4 Å². The average molecular weight is 360 g/mol. The van der Waals surface area contributed by atoms with E-state index in [1.54, 1.807) is 0 Å². The van der Waals surface area contributed by atoms with E-state index in [0.717, 1.165) is 6.07 Å². The van der Waals surface area contributed by atoms with Crippen LogP contribution in [0.15, 0.2) is 22.7 Å². The number of carbonyl (C=O) groups excluding carboxylic acids is 2. The first kappa shape index (κ1) is 16.6.